The summed E-state index contributed by atoms with van der Waals surface area (Å²) in [6.07, 6.45) is 12.6. The fourth-order valence-electron chi connectivity index (χ4n) is 2.08. The number of rotatable bonds is 0. The molecule has 1 aliphatic rings. The molecule has 0 N–H and O–H groups in total. The van der Waals surface area contributed by atoms with Crippen molar-refractivity contribution >= 4 is 22.9 Å². The molecule has 0 radical (unpaired) electrons. The zero-order chi connectivity index (χ0) is 10.8. The van der Waals surface area contributed by atoms with Gasteiger partial charge in [-0.15, -0.1) is 0 Å². The maximum Gasteiger partial charge on any atom is -0.0105 e. The molecule has 0 heterocycles. The van der Waals surface area contributed by atoms with Gasteiger partial charge in [0.05, 0.1) is 0 Å². The van der Waals surface area contributed by atoms with Gasteiger partial charge in [0.15, 0.2) is 0 Å². The van der Waals surface area contributed by atoms with Gasteiger partial charge in [0, 0.05) is 0 Å². The van der Waals surface area contributed by atoms with Crippen LogP contribution in [-0.2, 0) is 0 Å². The van der Waals surface area contributed by atoms with E-state index in [1.807, 2.05) is 0 Å². The van der Waals surface area contributed by atoms with Crippen molar-refractivity contribution in [3.8, 4) is 0 Å². The van der Waals surface area contributed by atoms with Crippen LogP contribution in [-0.4, -0.2) is 0 Å². The van der Waals surface area contributed by atoms with Crippen molar-refractivity contribution in [1.82, 2.24) is 0 Å². The van der Waals surface area contributed by atoms with Crippen molar-refractivity contribution in [2.75, 3.05) is 0 Å². The van der Waals surface area contributed by atoms with E-state index in [-0.39, 0.29) is 0 Å². The van der Waals surface area contributed by atoms with Crippen molar-refractivity contribution in [3.05, 3.63) is 71.8 Å². The Kier molecular flexibility index (Phi) is 2.19. The Morgan fingerprint density at radius 2 is 1.44 bits per heavy atom. The first-order chi connectivity index (χ1) is 7.95. The van der Waals surface area contributed by atoms with E-state index in [9.17, 15) is 0 Å². The minimum Gasteiger partial charge on any atom is -0.0622 e. The summed E-state index contributed by atoms with van der Waals surface area (Å²) in [5.74, 6) is 0. The molecular formula is C16H12. The molecule has 16 heavy (non-hydrogen) atoms. The van der Waals surface area contributed by atoms with Crippen LogP contribution in [0.5, 0.6) is 0 Å². The van der Waals surface area contributed by atoms with E-state index in [1.54, 1.807) is 0 Å². The third-order valence-electron chi connectivity index (χ3n) is 2.88. The molecule has 3 rings (SSSR count). The summed E-state index contributed by atoms with van der Waals surface area (Å²) in [6, 6.07) is 12.9. The molecule has 0 saturated heterocycles. The van der Waals surface area contributed by atoms with Gasteiger partial charge in [-0.05, 0) is 21.9 Å². The zero-order valence-electron chi connectivity index (χ0n) is 8.93. The van der Waals surface area contributed by atoms with Crippen LogP contribution in [0, 0.1) is 0 Å². The van der Waals surface area contributed by atoms with Crippen molar-refractivity contribution in [3.63, 3.8) is 0 Å². The van der Waals surface area contributed by atoms with Gasteiger partial charge >= 0.3 is 0 Å². The molecule has 0 nitrogen and oxygen atoms in total. The Bertz CT molecular complexity index is 613. The first kappa shape index (κ1) is 9.17. The second kappa shape index (κ2) is 3.82. The lowest BCUT2D eigenvalue weighted by Gasteiger charge is -2.07. The van der Waals surface area contributed by atoms with E-state index in [2.05, 4.69) is 72.9 Å². The molecule has 0 spiro atoms. The van der Waals surface area contributed by atoms with Crippen LogP contribution in [0.15, 0.2) is 60.7 Å². The maximum absolute atomic E-state index is 2.18. The summed E-state index contributed by atoms with van der Waals surface area (Å²) in [5, 5.41) is 2.61. The predicted octanol–water partition coefficient (Wildman–Crippen LogP) is 4.44. The fourth-order valence-corrected chi connectivity index (χ4v) is 2.08. The third-order valence-corrected chi connectivity index (χ3v) is 2.88. The molecule has 0 bridgehead atoms. The van der Waals surface area contributed by atoms with Crippen molar-refractivity contribution in [2.24, 2.45) is 0 Å². The highest BCUT2D eigenvalue weighted by molar-refractivity contribution is 5.94. The predicted molar refractivity (Wildman–Crippen MR) is 71.2 cm³/mol. The van der Waals surface area contributed by atoms with Crippen LogP contribution < -0.4 is 0 Å². The Balaban J connectivity index is 2.38. The van der Waals surface area contributed by atoms with E-state index in [1.165, 1.54) is 21.9 Å². The van der Waals surface area contributed by atoms with Crippen LogP contribution in [0.2, 0.25) is 0 Å². The molecular weight excluding hydrogens is 192 g/mol. The minimum absolute atomic E-state index is 1.28. The van der Waals surface area contributed by atoms with Crippen molar-refractivity contribution in [1.29, 1.82) is 0 Å². The molecule has 76 valence electrons. The fraction of sp³-hybridized carbons (Fsp3) is 0. The van der Waals surface area contributed by atoms with Gasteiger partial charge < -0.3 is 0 Å². The SMILES string of the molecule is C1=CC=Cc2c(ccc3ccccc23)C=C1. The average Bonchev–Trinajstić information content (AvgIpc) is 2.29. The van der Waals surface area contributed by atoms with Gasteiger partial charge in [0.1, 0.15) is 0 Å². The lowest BCUT2D eigenvalue weighted by atomic mass is 9.97. The summed E-state index contributed by atoms with van der Waals surface area (Å²) in [7, 11) is 0. The van der Waals surface area contributed by atoms with E-state index in [0.29, 0.717) is 0 Å². The highest BCUT2D eigenvalue weighted by atomic mass is 14.1. The maximum atomic E-state index is 2.18. The quantitative estimate of drug-likeness (QED) is 0.595. The molecule has 0 aliphatic heterocycles. The van der Waals surface area contributed by atoms with E-state index in [4.69, 9.17) is 0 Å². The largest absolute Gasteiger partial charge is 0.0622 e. The van der Waals surface area contributed by atoms with Crippen LogP contribution >= 0.6 is 0 Å². The molecule has 0 saturated carbocycles. The van der Waals surface area contributed by atoms with Crippen LogP contribution in [0.4, 0.5) is 0 Å². The van der Waals surface area contributed by atoms with Crippen LogP contribution in [0.1, 0.15) is 11.1 Å². The molecule has 0 aromatic heterocycles. The van der Waals surface area contributed by atoms with Crippen molar-refractivity contribution in [2.45, 2.75) is 0 Å². The smallest absolute Gasteiger partial charge is 0.0105 e. The molecule has 0 atom stereocenters. The molecule has 2 aromatic rings. The highest BCUT2D eigenvalue weighted by Gasteiger charge is 2.02. The average molecular weight is 204 g/mol. The molecule has 0 heteroatoms. The first-order valence-corrected chi connectivity index (χ1v) is 5.48. The molecule has 2 aromatic carbocycles. The normalized spacial score (nSPS) is 13.5. The Labute approximate surface area is 95.2 Å². The number of benzene rings is 2. The zero-order valence-corrected chi connectivity index (χ0v) is 8.93. The third kappa shape index (κ3) is 1.49. The summed E-state index contributed by atoms with van der Waals surface area (Å²) < 4.78 is 0. The summed E-state index contributed by atoms with van der Waals surface area (Å²) in [5.41, 5.74) is 2.58. The van der Waals surface area contributed by atoms with Crippen LogP contribution in [0.25, 0.3) is 22.9 Å². The standard InChI is InChI=1S/C16H12/c1-2-4-9-15-13(7-3-1)11-12-14-8-5-6-10-16(14)15/h1-12H. The van der Waals surface area contributed by atoms with Gasteiger partial charge in [0.2, 0.25) is 0 Å². The van der Waals surface area contributed by atoms with Crippen molar-refractivity contribution < 1.29 is 0 Å². The van der Waals surface area contributed by atoms with Gasteiger partial charge in [-0.2, -0.15) is 0 Å². The van der Waals surface area contributed by atoms with Gasteiger partial charge in [0.25, 0.3) is 0 Å². The van der Waals surface area contributed by atoms with E-state index >= 15 is 0 Å². The minimum atomic E-state index is 1.28. The lowest BCUT2D eigenvalue weighted by Crippen LogP contribution is -1.84. The molecule has 1 aliphatic carbocycles. The number of hydrogen-bond donors (Lipinski definition) is 0. The lowest BCUT2D eigenvalue weighted by molar-refractivity contribution is 1.65. The first-order valence-electron chi connectivity index (χ1n) is 5.48. The van der Waals surface area contributed by atoms with Gasteiger partial charge in [-0.3, -0.25) is 0 Å². The second-order valence-electron chi connectivity index (χ2n) is 3.89. The number of allylic oxidation sites excluding steroid dienone is 4. The van der Waals surface area contributed by atoms with E-state index < -0.39 is 0 Å². The monoisotopic (exact) mass is 204 g/mol. The highest BCUT2D eigenvalue weighted by Crippen LogP contribution is 2.25. The summed E-state index contributed by atoms with van der Waals surface area (Å²) >= 11 is 0. The summed E-state index contributed by atoms with van der Waals surface area (Å²) in [6.45, 7) is 0. The summed E-state index contributed by atoms with van der Waals surface area (Å²) in [4.78, 5) is 0. The van der Waals surface area contributed by atoms with Gasteiger partial charge in [-0.1, -0.05) is 72.9 Å². The topological polar surface area (TPSA) is 0 Å². The Hall–Kier alpha value is -2.08. The second-order valence-corrected chi connectivity index (χ2v) is 3.89. The van der Waals surface area contributed by atoms with Gasteiger partial charge in [-0.25, -0.2) is 0 Å². The Morgan fingerprint density at radius 3 is 2.38 bits per heavy atom. The van der Waals surface area contributed by atoms with E-state index in [0.717, 1.165) is 0 Å². The Morgan fingerprint density at radius 1 is 0.625 bits per heavy atom. The molecule has 0 fully saturated rings. The molecule has 0 amide bonds. The molecule has 0 unspecified atom stereocenters. The number of hydrogen-bond acceptors (Lipinski definition) is 0. The van der Waals surface area contributed by atoms with Crippen LogP contribution in [0.3, 0.4) is 0 Å². The number of fused-ring (bicyclic) bond motifs is 3.